The molecule has 7 heteroatoms. The predicted molar refractivity (Wildman–Crippen MR) is 110 cm³/mol. The molecule has 0 aliphatic rings. The number of nitrogens with one attached hydrogen (secondary N) is 1. The first-order valence-electron chi connectivity index (χ1n) is 8.26. The van der Waals surface area contributed by atoms with Crippen LogP contribution in [0.3, 0.4) is 0 Å². The summed E-state index contributed by atoms with van der Waals surface area (Å²) in [4.78, 5) is 16.4. The Hall–Kier alpha value is -2.70. The topological polar surface area (TPSA) is 63.6 Å². The highest BCUT2D eigenvalue weighted by atomic mass is 35.5. The number of carbonyl (C=O) groups is 1. The SMILES string of the molecule is CC(=O)c1sc(N/N=C\c2ccc(OCc3ccccc3)c(Cl)c2)nc1C. The third-order valence-electron chi connectivity index (χ3n) is 3.68. The molecule has 3 rings (SSSR count). The molecule has 0 amide bonds. The highest BCUT2D eigenvalue weighted by Gasteiger charge is 2.10. The van der Waals surface area contributed by atoms with Crippen LogP contribution in [0.25, 0.3) is 0 Å². The summed E-state index contributed by atoms with van der Waals surface area (Å²) in [6, 6.07) is 15.4. The smallest absolute Gasteiger partial charge is 0.204 e. The first-order valence-corrected chi connectivity index (χ1v) is 9.46. The van der Waals surface area contributed by atoms with Gasteiger partial charge in [0.25, 0.3) is 0 Å². The lowest BCUT2D eigenvalue weighted by Crippen LogP contribution is -1.96. The van der Waals surface area contributed by atoms with Gasteiger partial charge < -0.3 is 4.74 Å². The predicted octanol–water partition coefficient (Wildman–Crippen LogP) is 5.33. The van der Waals surface area contributed by atoms with Gasteiger partial charge in [-0.25, -0.2) is 4.98 Å². The van der Waals surface area contributed by atoms with Crippen molar-refractivity contribution in [2.45, 2.75) is 20.5 Å². The molecule has 0 atom stereocenters. The number of hydrogen-bond donors (Lipinski definition) is 1. The Morgan fingerprint density at radius 1 is 1.30 bits per heavy atom. The normalized spacial score (nSPS) is 10.9. The summed E-state index contributed by atoms with van der Waals surface area (Å²) >= 11 is 7.58. The van der Waals surface area contributed by atoms with Crippen LogP contribution in [0.5, 0.6) is 5.75 Å². The van der Waals surface area contributed by atoms with E-state index in [2.05, 4.69) is 15.5 Å². The van der Waals surface area contributed by atoms with Crippen LogP contribution in [0.4, 0.5) is 5.13 Å². The van der Waals surface area contributed by atoms with Crippen molar-refractivity contribution in [3.8, 4) is 5.75 Å². The Balaban J connectivity index is 1.61. The number of hydrazone groups is 1. The molecule has 0 fully saturated rings. The Kier molecular flexibility index (Phi) is 6.21. The minimum absolute atomic E-state index is 0.0000899. The fourth-order valence-electron chi connectivity index (χ4n) is 2.38. The molecule has 0 radical (unpaired) electrons. The standard InChI is InChI=1S/C20H18ClN3O2S/c1-13-19(14(2)25)27-20(23-13)24-22-11-16-8-9-18(17(21)10-16)26-12-15-6-4-3-5-7-15/h3-11H,12H2,1-2H3,(H,23,24)/b22-11-. The summed E-state index contributed by atoms with van der Waals surface area (Å²) in [6.45, 7) is 3.78. The molecular weight excluding hydrogens is 382 g/mol. The minimum atomic E-state index is -0.0000899. The zero-order valence-corrected chi connectivity index (χ0v) is 16.5. The molecule has 0 spiro atoms. The van der Waals surface area contributed by atoms with Crippen LogP contribution in [-0.2, 0) is 6.61 Å². The largest absolute Gasteiger partial charge is 0.487 e. The van der Waals surface area contributed by atoms with Crippen molar-refractivity contribution < 1.29 is 9.53 Å². The van der Waals surface area contributed by atoms with Crippen molar-refractivity contribution in [3.05, 3.63) is 75.3 Å². The Labute approximate surface area is 166 Å². The maximum absolute atomic E-state index is 11.5. The number of rotatable bonds is 7. The van der Waals surface area contributed by atoms with Gasteiger partial charge in [0, 0.05) is 6.92 Å². The van der Waals surface area contributed by atoms with Gasteiger partial charge in [0.1, 0.15) is 12.4 Å². The number of nitrogens with zero attached hydrogens (tertiary/aromatic N) is 2. The summed E-state index contributed by atoms with van der Waals surface area (Å²) in [7, 11) is 0. The number of Topliss-reactive ketones (excluding diaryl/α,β-unsaturated/α-hetero) is 1. The maximum atomic E-state index is 11.5. The van der Waals surface area contributed by atoms with Crippen molar-refractivity contribution in [2.24, 2.45) is 5.10 Å². The number of ketones is 1. The number of hydrogen-bond acceptors (Lipinski definition) is 6. The van der Waals surface area contributed by atoms with Crippen molar-refractivity contribution in [2.75, 3.05) is 5.43 Å². The van der Waals surface area contributed by atoms with E-state index in [1.165, 1.54) is 18.3 Å². The lowest BCUT2D eigenvalue weighted by Gasteiger charge is -2.08. The van der Waals surface area contributed by atoms with E-state index >= 15 is 0 Å². The molecule has 2 aromatic carbocycles. The molecule has 27 heavy (non-hydrogen) atoms. The number of ether oxygens (including phenoxy) is 1. The van der Waals surface area contributed by atoms with E-state index in [4.69, 9.17) is 16.3 Å². The van der Waals surface area contributed by atoms with Gasteiger partial charge in [-0.1, -0.05) is 53.3 Å². The third-order valence-corrected chi connectivity index (χ3v) is 5.14. The molecular formula is C20H18ClN3O2S. The molecule has 0 bridgehead atoms. The third kappa shape index (κ3) is 5.15. The van der Waals surface area contributed by atoms with E-state index < -0.39 is 0 Å². The second-order valence-corrected chi connectivity index (χ2v) is 7.23. The van der Waals surface area contributed by atoms with Crippen LogP contribution < -0.4 is 10.2 Å². The van der Waals surface area contributed by atoms with Gasteiger partial charge in [-0.2, -0.15) is 5.10 Å². The molecule has 0 saturated carbocycles. The van der Waals surface area contributed by atoms with Gasteiger partial charge >= 0.3 is 0 Å². The van der Waals surface area contributed by atoms with Gasteiger partial charge in [0.05, 0.1) is 21.8 Å². The second-order valence-electron chi connectivity index (χ2n) is 5.82. The van der Waals surface area contributed by atoms with Crippen LogP contribution in [0.1, 0.15) is 33.4 Å². The van der Waals surface area contributed by atoms with Crippen LogP contribution in [0.15, 0.2) is 53.6 Å². The Morgan fingerprint density at radius 2 is 2.07 bits per heavy atom. The van der Waals surface area contributed by atoms with Gasteiger partial charge in [-0.15, -0.1) is 0 Å². The van der Waals surface area contributed by atoms with Crippen molar-refractivity contribution in [3.63, 3.8) is 0 Å². The molecule has 0 saturated heterocycles. The molecule has 0 aliphatic heterocycles. The molecule has 138 valence electrons. The number of anilines is 1. The fraction of sp³-hybridized carbons (Fsp3) is 0.150. The van der Waals surface area contributed by atoms with Crippen LogP contribution in [-0.4, -0.2) is 17.0 Å². The monoisotopic (exact) mass is 399 g/mol. The summed E-state index contributed by atoms with van der Waals surface area (Å²) < 4.78 is 5.76. The molecule has 1 aromatic heterocycles. The lowest BCUT2D eigenvalue weighted by atomic mass is 10.2. The molecule has 3 aromatic rings. The van der Waals surface area contributed by atoms with E-state index in [0.717, 1.165) is 11.1 Å². The van der Waals surface area contributed by atoms with Gasteiger partial charge in [-0.05, 0) is 36.2 Å². The van der Waals surface area contributed by atoms with E-state index in [1.807, 2.05) is 42.5 Å². The molecule has 1 N–H and O–H groups in total. The number of aromatic nitrogens is 1. The summed E-state index contributed by atoms with van der Waals surface area (Å²) in [6.07, 6.45) is 1.64. The number of benzene rings is 2. The number of carbonyl (C=O) groups excluding carboxylic acids is 1. The first kappa shape index (κ1) is 19.1. The van der Waals surface area contributed by atoms with Gasteiger partial charge in [-0.3, -0.25) is 10.2 Å². The lowest BCUT2D eigenvalue weighted by molar-refractivity contribution is 0.102. The molecule has 0 aliphatic carbocycles. The van der Waals surface area contributed by atoms with Gasteiger partial charge in [0.2, 0.25) is 5.13 Å². The van der Waals surface area contributed by atoms with Crippen LogP contribution in [0, 0.1) is 6.92 Å². The zero-order valence-electron chi connectivity index (χ0n) is 14.9. The molecule has 1 heterocycles. The highest BCUT2D eigenvalue weighted by Crippen LogP contribution is 2.26. The maximum Gasteiger partial charge on any atom is 0.204 e. The van der Waals surface area contributed by atoms with Crippen molar-refractivity contribution in [1.29, 1.82) is 0 Å². The zero-order chi connectivity index (χ0) is 19.2. The number of aryl methyl sites for hydroxylation is 1. The van der Waals surface area contributed by atoms with Gasteiger partial charge in [0.15, 0.2) is 5.78 Å². The van der Waals surface area contributed by atoms with Crippen LogP contribution in [0.2, 0.25) is 5.02 Å². The summed E-state index contributed by atoms with van der Waals surface area (Å²) in [5.41, 5.74) is 5.44. The summed E-state index contributed by atoms with van der Waals surface area (Å²) in [5.74, 6) is 0.618. The quantitative estimate of drug-likeness (QED) is 0.331. The average Bonchev–Trinajstić information content (AvgIpc) is 3.03. The second kappa shape index (κ2) is 8.79. The van der Waals surface area contributed by atoms with Crippen molar-refractivity contribution in [1.82, 2.24) is 4.98 Å². The Bertz CT molecular complexity index is 971. The van der Waals surface area contributed by atoms with E-state index in [9.17, 15) is 4.79 Å². The van der Waals surface area contributed by atoms with E-state index in [0.29, 0.717) is 33.1 Å². The summed E-state index contributed by atoms with van der Waals surface area (Å²) in [5, 5.41) is 5.24. The first-order chi connectivity index (χ1) is 13.0. The Morgan fingerprint density at radius 3 is 2.74 bits per heavy atom. The number of halogens is 1. The molecule has 0 unspecified atom stereocenters. The number of thiazole rings is 1. The van der Waals surface area contributed by atoms with E-state index in [-0.39, 0.29) is 5.78 Å². The minimum Gasteiger partial charge on any atom is -0.487 e. The fourth-order valence-corrected chi connectivity index (χ4v) is 3.44. The highest BCUT2D eigenvalue weighted by molar-refractivity contribution is 7.17. The molecule has 5 nitrogen and oxygen atoms in total. The van der Waals surface area contributed by atoms with Crippen LogP contribution >= 0.6 is 22.9 Å². The van der Waals surface area contributed by atoms with E-state index in [1.54, 1.807) is 19.2 Å². The average molecular weight is 400 g/mol. The van der Waals surface area contributed by atoms with Crippen molar-refractivity contribution >= 4 is 40.1 Å².